The molecule has 1 atom stereocenters. The molecular weight excluding hydrogens is 278 g/mol. The summed E-state index contributed by atoms with van der Waals surface area (Å²) in [6.07, 6.45) is 3.15. The SMILES string of the molecule is CN1CCCC[C@H]1C(=O)N1CCN(c2ccccc2)C(=O)C1. The fourth-order valence-electron chi connectivity index (χ4n) is 3.34. The summed E-state index contributed by atoms with van der Waals surface area (Å²) in [5.41, 5.74) is 0.911. The summed E-state index contributed by atoms with van der Waals surface area (Å²) in [5.74, 6) is 0.118. The van der Waals surface area contributed by atoms with Crippen molar-refractivity contribution in [1.82, 2.24) is 9.80 Å². The summed E-state index contributed by atoms with van der Waals surface area (Å²) in [6, 6.07) is 9.61. The van der Waals surface area contributed by atoms with Crippen LogP contribution in [0.2, 0.25) is 0 Å². The van der Waals surface area contributed by atoms with Crippen molar-refractivity contribution in [1.29, 1.82) is 0 Å². The van der Waals surface area contributed by atoms with Gasteiger partial charge in [0.25, 0.3) is 0 Å². The lowest BCUT2D eigenvalue weighted by Gasteiger charge is -2.39. The molecule has 0 spiro atoms. The second kappa shape index (κ2) is 6.48. The van der Waals surface area contributed by atoms with Gasteiger partial charge in [-0.2, -0.15) is 0 Å². The summed E-state index contributed by atoms with van der Waals surface area (Å²) < 4.78 is 0. The summed E-state index contributed by atoms with van der Waals surface area (Å²) in [7, 11) is 2.00. The Balaban J connectivity index is 1.65. The van der Waals surface area contributed by atoms with Gasteiger partial charge in [0.05, 0.1) is 6.04 Å². The minimum atomic E-state index is -0.0511. The number of anilines is 1. The van der Waals surface area contributed by atoms with Crippen LogP contribution in [0.15, 0.2) is 30.3 Å². The van der Waals surface area contributed by atoms with Crippen molar-refractivity contribution in [3.8, 4) is 0 Å². The van der Waals surface area contributed by atoms with Crippen molar-refractivity contribution in [2.24, 2.45) is 0 Å². The second-order valence-corrected chi connectivity index (χ2v) is 6.13. The molecular formula is C17H23N3O2. The number of carbonyl (C=O) groups excluding carboxylic acids is 2. The van der Waals surface area contributed by atoms with E-state index in [1.807, 2.05) is 37.4 Å². The van der Waals surface area contributed by atoms with Gasteiger partial charge >= 0.3 is 0 Å². The van der Waals surface area contributed by atoms with Crippen molar-refractivity contribution in [2.45, 2.75) is 25.3 Å². The number of carbonyl (C=O) groups is 2. The molecule has 1 aromatic carbocycles. The molecule has 118 valence electrons. The monoisotopic (exact) mass is 301 g/mol. The molecule has 0 radical (unpaired) electrons. The average Bonchev–Trinajstić information content (AvgIpc) is 2.55. The first kappa shape index (κ1) is 15.0. The van der Waals surface area contributed by atoms with Crippen molar-refractivity contribution < 1.29 is 9.59 Å². The maximum atomic E-state index is 12.7. The first-order chi connectivity index (χ1) is 10.7. The third-order valence-electron chi connectivity index (χ3n) is 4.66. The average molecular weight is 301 g/mol. The van der Waals surface area contributed by atoms with Gasteiger partial charge in [-0.25, -0.2) is 0 Å². The van der Waals surface area contributed by atoms with Crippen molar-refractivity contribution in [2.75, 3.05) is 38.1 Å². The Hall–Kier alpha value is -1.88. The standard InChI is InChI=1S/C17H23N3O2/c1-18-10-6-5-9-15(18)17(22)19-11-12-20(16(21)13-19)14-7-3-2-4-8-14/h2-4,7-8,15H,5-6,9-13H2,1H3/t15-/m0/s1. The van der Waals surface area contributed by atoms with Gasteiger partial charge in [0, 0.05) is 18.8 Å². The number of hydrogen-bond donors (Lipinski definition) is 0. The van der Waals surface area contributed by atoms with Gasteiger partial charge in [-0.05, 0) is 38.6 Å². The molecule has 0 unspecified atom stereocenters. The van der Waals surface area contributed by atoms with Gasteiger partial charge in [-0.15, -0.1) is 0 Å². The van der Waals surface area contributed by atoms with Crippen LogP contribution in [-0.4, -0.2) is 60.9 Å². The lowest BCUT2D eigenvalue weighted by Crippen LogP contribution is -2.57. The van der Waals surface area contributed by atoms with E-state index in [1.165, 1.54) is 0 Å². The van der Waals surface area contributed by atoms with Crippen LogP contribution < -0.4 is 4.90 Å². The normalized spacial score (nSPS) is 23.7. The molecule has 0 aromatic heterocycles. The predicted molar refractivity (Wildman–Crippen MR) is 85.6 cm³/mol. The third-order valence-corrected chi connectivity index (χ3v) is 4.66. The van der Waals surface area contributed by atoms with Crippen molar-refractivity contribution in [3.05, 3.63) is 30.3 Å². The molecule has 2 saturated heterocycles. The maximum Gasteiger partial charge on any atom is 0.246 e. The predicted octanol–water partition coefficient (Wildman–Crippen LogP) is 1.35. The van der Waals surface area contributed by atoms with E-state index in [4.69, 9.17) is 0 Å². The maximum absolute atomic E-state index is 12.7. The summed E-state index contributed by atoms with van der Waals surface area (Å²) in [5, 5.41) is 0. The number of likely N-dealkylation sites (tertiary alicyclic amines) is 1. The topological polar surface area (TPSA) is 43.9 Å². The van der Waals surface area contributed by atoms with Gasteiger partial charge in [-0.3, -0.25) is 14.5 Å². The molecule has 2 aliphatic rings. The van der Waals surface area contributed by atoms with Gasteiger partial charge < -0.3 is 9.80 Å². The van der Waals surface area contributed by atoms with E-state index in [-0.39, 0.29) is 24.4 Å². The van der Waals surface area contributed by atoms with Crippen LogP contribution in [0.5, 0.6) is 0 Å². The van der Waals surface area contributed by atoms with Crippen LogP contribution in [0.3, 0.4) is 0 Å². The molecule has 2 heterocycles. The Morgan fingerprint density at radius 2 is 1.86 bits per heavy atom. The van der Waals surface area contributed by atoms with Crippen LogP contribution in [0.25, 0.3) is 0 Å². The van der Waals surface area contributed by atoms with Crippen LogP contribution in [0, 0.1) is 0 Å². The minimum Gasteiger partial charge on any atom is -0.330 e. The highest BCUT2D eigenvalue weighted by Crippen LogP contribution is 2.20. The molecule has 5 nitrogen and oxygen atoms in total. The molecule has 22 heavy (non-hydrogen) atoms. The zero-order valence-electron chi connectivity index (χ0n) is 13.1. The van der Waals surface area contributed by atoms with E-state index < -0.39 is 0 Å². The number of benzene rings is 1. The minimum absolute atomic E-state index is 0.00395. The summed E-state index contributed by atoms with van der Waals surface area (Å²) >= 11 is 0. The zero-order valence-corrected chi connectivity index (χ0v) is 13.1. The number of piperazine rings is 1. The number of rotatable bonds is 2. The molecule has 5 heteroatoms. The van der Waals surface area contributed by atoms with E-state index in [1.54, 1.807) is 9.80 Å². The van der Waals surface area contributed by atoms with Crippen molar-refractivity contribution in [3.63, 3.8) is 0 Å². The first-order valence-electron chi connectivity index (χ1n) is 8.01. The molecule has 3 rings (SSSR count). The Morgan fingerprint density at radius 1 is 1.09 bits per heavy atom. The number of hydrogen-bond acceptors (Lipinski definition) is 3. The Kier molecular flexibility index (Phi) is 4.43. The number of amides is 2. The Labute approximate surface area is 131 Å². The molecule has 0 N–H and O–H groups in total. The van der Waals surface area contributed by atoms with Crippen LogP contribution >= 0.6 is 0 Å². The molecule has 2 amide bonds. The molecule has 0 bridgehead atoms. The van der Waals surface area contributed by atoms with Crippen LogP contribution in [-0.2, 0) is 9.59 Å². The number of piperidine rings is 1. The Morgan fingerprint density at radius 3 is 2.55 bits per heavy atom. The fraction of sp³-hybridized carbons (Fsp3) is 0.529. The van der Waals surface area contributed by atoms with Crippen LogP contribution in [0.4, 0.5) is 5.69 Å². The zero-order chi connectivity index (χ0) is 15.5. The molecule has 2 aliphatic heterocycles. The van der Waals surface area contributed by atoms with Crippen molar-refractivity contribution >= 4 is 17.5 Å². The lowest BCUT2D eigenvalue weighted by atomic mass is 10.0. The van der Waals surface area contributed by atoms with E-state index in [0.29, 0.717) is 13.1 Å². The highest BCUT2D eigenvalue weighted by atomic mass is 16.2. The second-order valence-electron chi connectivity index (χ2n) is 6.13. The third kappa shape index (κ3) is 2.99. The van der Waals surface area contributed by atoms with Gasteiger partial charge in [0.1, 0.15) is 6.54 Å². The molecule has 1 aromatic rings. The highest BCUT2D eigenvalue weighted by molar-refractivity contribution is 5.98. The molecule has 0 saturated carbocycles. The Bertz CT molecular complexity index is 546. The largest absolute Gasteiger partial charge is 0.330 e. The smallest absolute Gasteiger partial charge is 0.246 e. The van der Waals surface area contributed by atoms with Gasteiger partial charge in [-0.1, -0.05) is 24.6 Å². The number of likely N-dealkylation sites (N-methyl/N-ethyl adjacent to an activating group) is 1. The molecule has 0 aliphatic carbocycles. The van der Waals surface area contributed by atoms with Gasteiger partial charge in [0.2, 0.25) is 11.8 Å². The van der Waals surface area contributed by atoms with E-state index in [2.05, 4.69) is 4.90 Å². The summed E-state index contributed by atoms with van der Waals surface area (Å²) in [4.78, 5) is 30.7. The molecule has 2 fully saturated rings. The lowest BCUT2D eigenvalue weighted by molar-refractivity contribution is -0.142. The highest BCUT2D eigenvalue weighted by Gasteiger charge is 2.34. The number of nitrogens with zero attached hydrogens (tertiary/aromatic N) is 3. The quantitative estimate of drug-likeness (QED) is 0.828. The van der Waals surface area contributed by atoms with Crippen LogP contribution in [0.1, 0.15) is 19.3 Å². The summed E-state index contributed by atoms with van der Waals surface area (Å²) in [6.45, 7) is 2.35. The first-order valence-corrected chi connectivity index (χ1v) is 8.01. The van der Waals surface area contributed by atoms with E-state index in [0.717, 1.165) is 31.5 Å². The number of para-hydroxylation sites is 1. The van der Waals surface area contributed by atoms with E-state index in [9.17, 15) is 9.59 Å². The van der Waals surface area contributed by atoms with Gasteiger partial charge in [0.15, 0.2) is 0 Å². The fourth-order valence-corrected chi connectivity index (χ4v) is 3.34. The van der Waals surface area contributed by atoms with E-state index >= 15 is 0 Å².